The zero-order valence-electron chi connectivity index (χ0n) is 8.45. The first kappa shape index (κ1) is 10.5. The average molecular weight is 198 g/mol. The van der Waals surface area contributed by atoms with Gasteiger partial charge in [0.25, 0.3) is 0 Å². The Balaban J connectivity index is 2.62. The molecular weight excluding hydrogens is 180 g/mol. The molecule has 1 rings (SSSR count). The Morgan fingerprint density at radius 1 is 1.38 bits per heavy atom. The molecule has 1 aliphatic rings. The zero-order chi connectivity index (χ0) is 9.84. The Bertz CT molecular complexity index is 262. The normalized spacial score (nSPS) is 23.8. The van der Waals surface area contributed by atoms with Crippen LogP contribution in [0.2, 0.25) is 0 Å². The molecule has 0 amide bonds. The minimum absolute atomic E-state index is 0.124. The van der Waals surface area contributed by atoms with Crippen LogP contribution in [0.4, 0.5) is 0 Å². The summed E-state index contributed by atoms with van der Waals surface area (Å²) in [6.45, 7) is 6.31. The van der Waals surface area contributed by atoms with Crippen LogP contribution in [-0.4, -0.2) is 16.8 Å². The quantitative estimate of drug-likeness (QED) is 0.678. The third-order valence-electron chi connectivity index (χ3n) is 1.69. The van der Waals surface area contributed by atoms with Crippen molar-refractivity contribution >= 4 is 15.9 Å². The third-order valence-corrected chi connectivity index (χ3v) is 3.45. The molecule has 2 nitrogen and oxygen atoms in total. The predicted octanol–water partition coefficient (Wildman–Crippen LogP) is 1.77. The summed E-state index contributed by atoms with van der Waals surface area (Å²) < 4.78 is 0. The van der Waals surface area contributed by atoms with Gasteiger partial charge in [-0.25, -0.2) is 0 Å². The maximum Gasteiger partial charge on any atom is 0.0466 e. The van der Waals surface area contributed by atoms with Crippen LogP contribution in [0.5, 0.6) is 0 Å². The first-order valence-electron chi connectivity index (χ1n) is 4.56. The third kappa shape index (κ3) is 3.36. The van der Waals surface area contributed by atoms with Crippen molar-refractivity contribution in [1.82, 2.24) is 5.32 Å². The van der Waals surface area contributed by atoms with Gasteiger partial charge in [-0.3, -0.25) is 0 Å². The van der Waals surface area contributed by atoms with Crippen LogP contribution in [0.15, 0.2) is 23.3 Å². The highest BCUT2D eigenvalue weighted by Gasteiger charge is 2.02. The lowest BCUT2D eigenvalue weighted by Crippen LogP contribution is -2.22. The van der Waals surface area contributed by atoms with Gasteiger partial charge in [0.2, 0.25) is 0 Å². The summed E-state index contributed by atoms with van der Waals surface area (Å²) in [7, 11) is 0.124. The second-order valence-corrected chi connectivity index (χ2v) is 5.58. The zero-order valence-corrected chi connectivity index (χ0v) is 9.27. The smallest absolute Gasteiger partial charge is 0.0466 e. The second kappa shape index (κ2) is 4.63. The largest absolute Gasteiger partial charge is 0.383 e. The van der Waals surface area contributed by atoms with E-state index in [9.17, 15) is 0 Å². The van der Waals surface area contributed by atoms with Gasteiger partial charge >= 0.3 is 0 Å². The van der Waals surface area contributed by atoms with Gasteiger partial charge in [-0.2, -0.15) is 0 Å². The Morgan fingerprint density at radius 2 is 2.08 bits per heavy atom. The molecule has 3 heteroatoms. The van der Waals surface area contributed by atoms with Crippen molar-refractivity contribution in [3.63, 3.8) is 0 Å². The predicted molar refractivity (Wildman–Crippen MR) is 62.8 cm³/mol. The van der Waals surface area contributed by atoms with E-state index in [4.69, 9.17) is 5.73 Å². The van der Waals surface area contributed by atoms with Gasteiger partial charge in [0, 0.05) is 17.1 Å². The number of rotatable bonds is 3. The second-order valence-electron chi connectivity index (χ2n) is 3.47. The lowest BCUT2D eigenvalue weighted by Gasteiger charge is -2.15. The van der Waals surface area contributed by atoms with Crippen molar-refractivity contribution in [2.75, 3.05) is 0 Å². The van der Waals surface area contributed by atoms with E-state index in [1.54, 1.807) is 0 Å². The van der Waals surface area contributed by atoms with E-state index >= 15 is 0 Å². The van der Waals surface area contributed by atoms with Crippen LogP contribution in [0, 0.1) is 0 Å². The first-order valence-corrected chi connectivity index (χ1v) is 5.97. The molecule has 1 heterocycles. The highest BCUT2D eigenvalue weighted by molar-refractivity contribution is 8.18. The number of allylic oxidation sites excluding steroid dienone is 2. The van der Waals surface area contributed by atoms with E-state index in [0.29, 0.717) is 6.04 Å². The van der Waals surface area contributed by atoms with Gasteiger partial charge in [0.1, 0.15) is 0 Å². The van der Waals surface area contributed by atoms with E-state index < -0.39 is 0 Å². The van der Waals surface area contributed by atoms with Crippen LogP contribution in [0.3, 0.4) is 0 Å². The van der Waals surface area contributed by atoms with Crippen molar-refractivity contribution < 1.29 is 0 Å². The summed E-state index contributed by atoms with van der Waals surface area (Å²) in [4.78, 5) is 0. The Kier molecular flexibility index (Phi) is 3.75. The number of hydrogen-bond donors (Lipinski definition) is 2. The Labute approximate surface area is 82.8 Å². The van der Waals surface area contributed by atoms with E-state index in [-0.39, 0.29) is 15.9 Å². The fourth-order valence-corrected chi connectivity index (χ4v) is 2.28. The fraction of sp³-hybridized carbons (Fsp3) is 0.500. The molecule has 2 atom stereocenters. The first-order chi connectivity index (χ1) is 6.09. The van der Waals surface area contributed by atoms with Crippen molar-refractivity contribution in [3.8, 4) is 0 Å². The van der Waals surface area contributed by atoms with Gasteiger partial charge in [-0.1, -0.05) is 0 Å². The molecule has 0 aliphatic carbocycles. The van der Waals surface area contributed by atoms with Gasteiger partial charge in [-0.15, -0.1) is 10.5 Å². The van der Waals surface area contributed by atoms with Gasteiger partial charge < -0.3 is 11.1 Å². The molecular formula is C10H18N2S. The molecule has 0 aromatic heterocycles. The molecule has 0 bridgehead atoms. The van der Waals surface area contributed by atoms with E-state index in [2.05, 4.69) is 42.1 Å². The summed E-state index contributed by atoms with van der Waals surface area (Å²) in [5.74, 6) is 0. The lowest BCUT2D eigenvalue weighted by molar-refractivity contribution is 0.682. The van der Waals surface area contributed by atoms with Crippen molar-refractivity contribution in [1.29, 1.82) is 0 Å². The van der Waals surface area contributed by atoms with Crippen LogP contribution >= 0.6 is 10.5 Å². The minimum Gasteiger partial charge on any atom is -0.383 e. The molecule has 13 heavy (non-hydrogen) atoms. The van der Waals surface area contributed by atoms with E-state index in [1.165, 1.54) is 5.70 Å². The Hall–Kier alpha value is -0.540. The monoisotopic (exact) mass is 198 g/mol. The topological polar surface area (TPSA) is 38.0 Å². The van der Waals surface area contributed by atoms with E-state index in [1.807, 2.05) is 6.92 Å². The van der Waals surface area contributed by atoms with Gasteiger partial charge in [0.15, 0.2) is 0 Å². The maximum atomic E-state index is 5.79. The summed E-state index contributed by atoms with van der Waals surface area (Å²) >= 11 is 0. The summed E-state index contributed by atoms with van der Waals surface area (Å²) in [5.41, 5.74) is 6.97. The summed E-state index contributed by atoms with van der Waals surface area (Å²) in [5, 5.41) is 7.93. The number of nitrogens with two attached hydrogens (primary N) is 1. The molecule has 2 unspecified atom stereocenters. The molecule has 0 fully saturated rings. The SMILES string of the molecule is CC(C)NC1=CC=S(C(C)N)C=C1. The van der Waals surface area contributed by atoms with Crippen LogP contribution in [0.25, 0.3) is 0 Å². The molecule has 0 radical (unpaired) electrons. The molecule has 0 saturated carbocycles. The average Bonchev–Trinajstić information content (AvgIpc) is 2.04. The van der Waals surface area contributed by atoms with Crippen LogP contribution in [0.1, 0.15) is 20.8 Å². The standard InChI is InChI=1S/C10H18N2S/c1-8(2)12-10-4-6-13(7-5-10)9(3)11/h4-9,12H,11H2,1-3H3. The lowest BCUT2D eigenvalue weighted by atomic mass is 10.3. The molecule has 0 aromatic carbocycles. The molecule has 0 saturated heterocycles. The molecule has 3 N–H and O–H groups in total. The molecule has 0 spiro atoms. The molecule has 0 aromatic rings. The van der Waals surface area contributed by atoms with Gasteiger partial charge in [0.05, 0.1) is 0 Å². The fourth-order valence-electron chi connectivity index (χ4n) is 1.08. The molecule has 1 aliphatic heterocycles. The highest BCUT2D eigenvalue weighted by atomic mass is 32.2. The summed E-state index contributed by atoms with van der Waals surface area (Å²) in [6.07, 6.45) is 4.24. The molecule has 74 valence electrons. The van der Waals surface area contributed by atoms with Crippen molar-refractivity contribution in [2.24, 2.45) is 5.73 Å². The summed E-state index contributed by atoms with van der Waals surface area (Å²) in [6, 6.07) is 0.486. The minimum atomic E-state index is 0.124. The van der Waals surface area contributed by atoms with Crippen molar-refractivity contribution in [2.45, 2.75) is 32.2 Å². The van der Waals surface area contributed by atoms with Crippen LogP contribution in [-0.2, 0) is 0 Å². The highest BCUT2D eigenvalue weighted by Crippen LogP contribution is 2.21. The maximum absolute atomic E-state index is 5.79. The van der Waals surface area contributed by atoms with E-state index in [0.717, 1.165) is 0 Å². The van der Waals surface area contributed by atoms with Crippen molar-refractivity contribution in [3.05, 3.63) is 23.3 Å². The van der Waals surface area contributed by atoms with Crippen LogP contribution < -0.4 is 11.1 Å². The number of hydrogen-bond acceptors (Lipinski definition) is 2. The number of nitrogens with one attached hydrogen (secondary N) is 1. The Morgan fingerprint density at radius 3 is 2.46 bits per heavy atom. The van der Waals surface area contributed by atoms with Gasteiger partial charge in [-0.05, 0) is 43.7 Å².